The van der Waals surface area contributed by atoms with Crippen molar-refractivity contribution in [2.75, 3.05) is 13.2 Å². The maximum atomic E-state index is 12.0. The average Bonchev–Trinajstić information content (AvgIpc) is 2.56. The van der Waals surface area contributed by atoms with Gasteiger partial charge < -0.3 is 14.8 Å². The van der Waals surface area contributed by atoms with E-state index >= 15 is 0 Å². The van der Waals surface area contributed by atoms with Crippen LogP contribution >= 0.6 is 11.6 Å². The predicted octanol–water partition coefficient (Wildman–Crippen LogP) is 3.92. The molecule has 0 aromatic heterocycles. The van der Waals surface area contributed by atoms with Crippen LogP contribution in [0.3, 0.4) is 0 Å². The molecule has 4 nitrogen and oxygen atoms in total. The molecule has 5 heteroatoms. The molecule has 1 atom stereocenters. The topological polar surface area (TPSA) is 47.6 Å². The van der Waals surface area contributed by atoms with Gasteiger partial charge in [-0.3, -0.25) is 4.79 Å². The Morgan fingerprint density at radius 1 is 1.12 bits per heavy atom. The molecule has 2 aromatic carbocycles. The van der Waals surface area contributed by atoms with E-state index in [9.17, 15) is 4.79 Å². The van der Waals surface area contributed by atoms with Gasteiger partial charge in [0.2, 0.25) is 0 Å². The molecule has 2 aromatic rings. The largest absolute Gasteiger partial charge is 0.492 e. The molecular formula is C19H22ClNO3. The standard InChI is InChI=1S/C19H22ClNO3/c1-13-4-7-16(8-5-13)24-15(3)19(22)21-10-11-23-17-9-6-14(2)18(20)12-17/h4-9,12,15H,10-11H2,1-3H3,(H,21,22). The average molecular weight is 348 g/mol. The van der Waals surface area contributed by atoms with Crippen LogP contribution in [0.1, 0.15) is 18.1 Å². The number of carbonyl (C=O) groups excluding carboxylic acids is 1. The van der Waals surface area contributed by atoms with Gasteiger partial charge in [0.15, 0.2) is 6.10 Å². The zero-order valence-electron chi connectivity index (χ0n) is 14.1. The number of amides is 1. The fraction of sp³-hybridized carbons (Fsp3) is 0.316. The number of halogens is 1. The Morgan fingerprint density at radius 3 is 2.46 bits per heavy atom. The quantitative estimate of drug-likeness (QED) is 0.772. The van der Waals surface area contributed by atoms with E-state index in [1.807, 2.05) is 50.2 Å². The number of benzene rings is 2. The van der Waals surface area contributed by atoms with E-state index in [1.165, 1.54) is 0 Å². The first-order valence-electron chi connectivity index (χ1n) is 7.85. The first-order chi connectivity index (χ1) is 11.5. The third-order valence-corrected chi connectivity index (χ3v) is 3.92. The lowest BCUT2D eigenvalue weighted by Gasteiger charge is -2.15. The van der Waals surface area contributed by atoms with Crippen LogP contribution in [-0.4, -0.2) is 25.2 Å². The van der Waals surface area contributed by atoms with Gasteiger partial charge in [-0.15, -0.1) is 0 Å². The van der Waals surface area contributed by atoms with E-state index in [-0.39, 0.29) is 5.91 Å². The number of ether oxygens (including phenoxy) is 2. The molecule has 0 saturated heterocycles. The Morgan fingerprint density at radius 2 is 1.79 bits per heavy atom. The zero-order valence-corrected chi connectivity index (χ0v) is 14.9. The Balaban J connectivity index is 1.72. The van der Waals surface area contributed by atoms with Crippen molar-refractivity contribution in [3.8, 4) is 11.5 Å². The van der Waals surface area contributed by atoms with Crippen molar-refractivity contribution in [1.29, 1.82) is 0 Å². The molecule has 128 valence electrons. The molecule has 0 radical (unpaired) electrons. The van der Waals surface area contributed by atoms with Crippen LogP contribution in [0.2, 0.25) is 5.02 Å². The van der Waals surface area contributed by atoms with E-state index in [1.54, 1.807) is 13.0 Å². The van der Waals surface area contributed by atoms with E-state index in [0.29, 0.717) is 29.7 Å². The molecule has 0 aliphatic heterocycles. The van der Waals surface area contributed by atoms with Crippen LogP contribution in [0.4, 0.5) is 0 Å². The summed E-state index contributed by atoms with van der Waals surface area (Å²) in [7, 11) is 0. The highest BCUT2D eigenvalue weighted by Gasteiger charge is 2.13. The maximum absolute atomic E-state index is 12.0. The second-order valence-electron chi connectivity index (χ2n) is 5.62. The van der Waals surface area contributed by atoms with E-state index < -0.39 is 6.10 Å². The first-order valence-corrected chi connectivity index (χ1v) is 8.23. The highest BCUT2D eigenvalue weighted by molar-refractivity contribution is 6.31. The van der Waals surface area contributed by atoms with Gasteiger partial charge in [0.05, 0.1) is 6.54 Å². The second-order valence-corrected chi connectivity index (χ2v) is 6.03. The first kappa shape index (κ1) is 18.1. The number of aryl methyl sites for hydroxylation is 2. The van der Waals surface area contributed by atoms with E-state index in [4.69, 9.17) is 21.1 Å². The Kier molecular flexibility index (Phi) is 6.50. The van der Waals surface area contributed by atoms with Gasteiger partial charge >= 0.3 is 0 Å². The zero-order chi connectivity index (χ0) is 17.5. The van der Waals surface area contributed by atoms with Gasteiger partial charge in [-0.2, -0.15) is 0 Å². The number of hydrogen-bond donors (Lipinski definition) is 1. The lowest BCUT2D eigenvalue weighted by Crippen LogP contribution is -2.38. The highest BCUT2D eigenvalue weighted by atomic mass is 35.5. The Hall–Kier alpha value is -2.20. The molecule has 24 heavy (non-hydrogen) atoms. The van der Waals surface area contributed by atoms with Crippen molar-refractivity contribution >= 4 is 17.5 Å². The predicted molar refractivity (Wildman–Crippen MR) is 96.0 cm³/mol. The van der Waals surface area contributed by atoms with Crippen molar-refractivity contribution < 1.29 is 14.3 Å². The summed E-state index contributed by atoms with van der Waals surface area (Å²) in [6.45, 7) is 6.41. The summed E-state index contributed by atoms with van der Waals surface area (Å²) in [6, 6.07) is 13.1. The van der Waals surface area contributed by atoms with Crippen molar-refractivity contribution in [3.63, 3.8) is 0 Å². The van der Waals surface area contributed by atoms with Gasteiger partial charge in [0, 0.05) is 5.02 Å². The molecule has 1 N–H and O–H groups in total. The number of carbonyl (C=O) groups is 1. The SMILES string of the molecule is Cc1ccc(OC(C)C(=O)NCCOc2ccc(C)c(Cl)c2)cc1. The number of hydrogen-bond acceptors (Lipinski definition) is 3. The summed E-state index contributed by atoms with van der Waals surface area (Å²) in [4.78, 5) is 12.0. The normalized spacial score (nSPS) is 11.7. The molecule has 0 fully saturated rings. The summed E-state index contributed by atoms with van der Waals surface area (Å²) in [5, 5.41) is 3.45. The van der Waals surface area contributed by atoms with Gasteiger partial charge in [0.1, 0.15) is 18.1 Å². The number of nitrogens with one attached hydrogen (secondary N) is 1. The molecule has 0 aliphatic carbocycles. The van der Waals surface area contributed by atoms with Gasteiger partial charge in [-0.25, -0.2) is 0 Å². The fourth-order valence-electron chi connectivity index (χ4n) is 2.02. The van der Waals surface area contributed by atoms with Crippen molar-refractivity contribution in [2.45, 2.75) is 26.9 Å². The fourth-order valence-corrected chi connectivity index (χ4v) is 2.20. The third-order valence-electron chi connectivity index (χ3n) is 3.52. The maximum Gasteiger partial charge on any atom is 0.260 e. The molecule has 0 saturated carbocycles. The highest BCUT2D eigenvalue weighted by Crippen LogP contribution is 2.21. The van der Waals surface area contributed by atoms with E-state index in [0.717, 1.165) is 11.1 Å². The van der Waals surface area contributed by atoms with Crippen LogP contribution in [-0.2, 0) is 4.79 Å². The van der Waals surface area contributed by atoms with Gasteiger partial charge in [0.25, 0.3) is 5.91 Å². The minimum absolute atomic E-state index is 0.180. The number of rotatable bonds is 7. The molecule has 1 unspecified atom stereocenters. The van der Waals surface area contributed by atoms with Gasteiger partial charge in [-0.05, 0) is 50.6 Å². The summed E-state index contributed by atoms with van der Waals surface area (Å²) in [5.41, 5.74) is 2.15. The summed E-state index contributed by atoms with van der Waals surface area (Å²) in [5.74, 6) is 1.18. The van der Waals surface area contributed by atoms with E-state index in [2.05, 4.69) is 5.32 Å². The molecule has 1 amide bonds. The Labute approximate surface area is 147 Å². The third kappa shape index (κ3) is 5.46. The molecular weight excluding hydrogens is 326 g/mol. The van der Waals surface area contributed by atoms with Crippen molar-refractivity contribution in [3.05, 3.63) is 58.6 Å². The van der Waals surface area contributed by atoms with Crippen molar-refractivity contribution in [2.24, 2.45) is 0 Å². The lowest BCUT2D eigenvalue weighted by atomic mass is 10.2. The summed E-state index contributed by atoms with van der Waals surface area (Å²) < 4.78 is 11.2. The molecule has 0 spiro atoms. The smallest absolute Gasteiger partial charge is 0.260 e. The van der Waals surface area contributed by atoms with Crippen LogP contribution < -0.4 is 14.8 Å². The summed E-state index contributed by atoms with van der Waals surface area (Å²) in [6.07, 6.45) is -0.568. The molecule has 0 heterocycles. The second kappa shape index (κ2) is 8.60. The monoisotopic (exact) mass is 347 g/mol. The Bertz CT molecular complexity index is 686. The minimum atomic E-state index is -0.568. The van der Waals surface area contributed by atoms with Crippen molar-refractivity contribution in [1.82, 2.24) is 5.32 Å². The lowest BCUT2D eigenvalue weighted by molar-refractivity contribution is -0.127. The molecule has 2 rings (SSSR count). The molecule has 0 bridgehead atoms. The van der Waals surface area contributed by atoms with Crippen LogP contribution in [0.5, 0.6) is 11.5 Å². The van der Waals surface area contributed by atoms with Crippen LogP contribution in [0.15, 0.2) is 42.5 Å². The van der Waals surface area contributed by atoms with Crippen LogP contribution in [0.25, 0.3) is 0 Å². The van der Waals surface area contributed by atoms with Crippen LogP contribution in [0, 0.1) is 13.8 Å². The van der Waals surface area contributed by atoms with Gasteiger partial charge in [-0.1, -0.05) is 35.4 Å². The minimum Gasteiger partial charge on any atom is -0.492 e. The molecule has 0 aliphatic rings. The summed E-state index contributed by atoms with van der Waals surface area (Å²) >= 11 is 6.04.